The van der Waals surface area contributed by atoms with Crippen molar-refractivity contribution in [1.82, 2.24) is 0 Å². The maximum absolute atomic E-state index is 9.55. The molecule has 0 aliphatic rings. The predicted molar refractivity (Wildman–Crippen MR) is 56.5 cm³/mol. The summed E-state index contributed by atoms with van der Waals surface area (Å²) in [6.45, 7) is 2.24. The van der Waals surface area contributed by atoms with Crippen molar-refractivity contribution in [1.29, 1.82) is 0 Å². The highest BCUT2D eigenvalue weighted by Crippen LogP contribution is 2.21. The summed E-state index contributed by atoms with van der Waals surface area (Å²) in [5, 5.41) is 9.55. The molecule has 1 rings (SSSR count). The van der Waals surface area contributed by atoms with Gasteiger partial charge in [0, 0.05) is 12.5 Å². The Hall–Kier alpha value is -1.06. The molecule has 3 nitrogen and oxygen atoms in total. The van der Waals surface area contributed by atoms with Crippen LogP contribution in [-0.4, -0.2) is 24.9 Å². The summed E-state index contributed by atoms with van der Waals surface area (Å²) in [4.78, 5) is 0. The molecule has 0 bridgehead atoms. The van der Waals surface area contributed by atoms with Gasteiger partial charge in [-0.1, -0.05) is 19.1 Å². The van der Waals surface area contributed by atoms with E-state index in [1.807, 2.05) is 31.2 Å². The van der Waals surface area contributed by atoms with Gasteiger partial charge in [-0.2, -0.15) is 0 Å². The molecule has 2 unspecified atom stereocenters. The fraction of sp³-hybridized carbons (Fsp3) is 0.455. The molecule has 0 amide bonds. The molecule has 1 aromatic carbocycles. The number of methoxy groups -OCH3 is 1. The van der Waals surface area contributed by atoms with Gasteiger partial charge in [0.25, 0.3) is 0 Å². The van der Waals surface area contributed by atoms with Gasteiger partial charge >= 0.3 is 0 Å². The fourth-order valence-corrected chi connectivity index (χ4v) is 1.33. The lowest BCUT2D eigenvalue weighted by Crippen LogP contribution is -2.25. The molecule has 14 heavy (non-hydrogen) atoms. The van der Waals surface area contributed by atoms with Crippen molar-refractivity contribution in [2.45, 2.75) is 18.9 Å². The SMILES string of the molecule is COc1ccc(C(C)C(O)CN)cc1. The van der Waals surface area contributed by atoms with Crippen LogP contribution in [0.15, 0.2) is 24.3 Å². The molecule has 1 aromatic rings. The third kappa shape index (κ3) is 2.47. The molecule has 0 heterocycles. The number of rotatable bonds is 4. The highest BCUT2D eigenvalue weighted by Gasteiger charge is 2.14. The number of aliphatic hydroxyl groups excluding tert-OH is 1. The Morgan fingerprint density at radius 2 is 1.93 bits per heavy atom. The Kier molecular flexibility index (Phi) is 3.92. The van der Waals surface area contributed by atoms with Gasteiger partial charge in [0.2, 0.25) is 0 Å². The molecule has 0 radical (unpaired) electrons. The molecule has 2 atom stereocenters. The Morgan fingerprint density at radius 1 is 1.36 bits per heavy atom. The number of hydrogen-bond acceptors (Lipinski definition) is 3. The number of aliphatic hydroxyl groups is 1. The zero-order valence-electron chi connectivity index (χ0n) is 8.60. The normalized spacial score (nSPS) is 14.9. The van der Waals surface area contributed by atoms with E-state index < -0.39 is 6.10 Å². The molecule has 78 valence electrons. The van der Waals surface area contributed by atoms with Crippen LogP contribution >= 0.6 is 0 Å². The zero-order valence-corrected chi connectivity index (χ0v) is 8.60. The zero-order chi connectivity index (χ0) is 10.6. The van der Waals surface area contributed by atoms with Gasteiger partial charge in [-0.25, -0.2) is 0 Å². The lowest BCUT2D eigenvalue weighted by molar-refractivity contribution is 0.157. The first-order chi connectivity index (χ1) is 6.69. The van der Waals surface area contributed by atoms with E-state index >= 15 is 0 Å². The first-order valence-electron chi connectivity index (χ1n) is 4.71. The Balaban J connectivity index is 2.75. The van der Waals surface area contributed by atoms with Crippen molar-refractivity contribution in [3.05, 3.63) is 29.8 Å². The van der Waals surface area contributed by atoms with Crippen molar-refractivity contribution in [2.75, 3.05) is 13.7 Å². The quantitative estimate of drug-likeness (QED) is 0.757. The van der Waals surface area contributed by atoms with Crippen LogP contribution in [0.4, 0.5) is 0 Å². The Bertz CT molecular complexity index is 271. The van der Waals surface area contributed by atoms with Crippen LogP contribution in [0.2, 0.25) is 0 Å². The molecule has 0 spiro atoms. The Labute approximate surface area is 84.5 Å². The van der Waals surface area contributed by atoms with Crippen LogP contribution in [0.5, 0.6) is 5.75 Å². The summed E-state index contributed by atoms with van der Waals surface area (Å²) in [7, 11) is 1.63. The van der Waals surface area contributed by atoms with Gasteiger partial charge in [0.05, 0.1) is 13.2 Å². The standard InChI is InChI=1S/C11H17NO2/c1-8(11(13)7-12)9-3-5-10(14-2)6-4-9/h3-6,8,11,13H,7,12H2,1-2H3. The maximum atomic E-state index is 9.55. The molecular weight excluding hydrogens is 178 g/mol. The van der Waals surface area contributed by atoms with Crippen molar-refractivity contribution in [3.63, 3.8) is 0 Å². The fourth-order valence-electron chi connectivity index (χ4n) is 1.33. The molecule has 3 N–H and O–H groups in total. The second-order valence-corrected chi connectivity index (χ2v) is 3.36. The average molecular weight is 195 g/mol. The van der Waals surface area contributed by atoms with Gasteiger partial charge < -0.3 is 15.6 Å². The number of ether oxygens (including phenoxy) is 1. The van der Waals surface area contributed by atoms with Crippen LogP contribution in [0, 0.1) is 0 Å². The average Bonchev–Trinajstić information content (AvgIpc) is 2.27. The monoisotopic (exact) mass is 195 g/mol. The lowest BCUT2D eigenvalue weighted by atomic mass is 9.95. The van der Waals surface area contributed by atoms with Crippen LogP contribution in [0.25, 0.3) is 0 Å². The first kappa shape index (κ1) is 11.0. The number of nitrogens with two attached hydrogens (primary N) is 1. The largest absolute Gasteiger partial charge is 0.497 e. The number of benzene rings is 1. The minimum atomic E-state index is -0.483. The topological polar surface area (TPSA) is 55.5 Å². The van der Waals surface area contributed by atoms with Gasteiger partial charge in [-0.3, -0.25) is 0 Å². The summed E-state index contributed by atoms with van der Waals surface area (Å²) >= 11 is 0. The van der Waals surface area contributed by atoms with Gasteiger partial charge in [0.1, 0.15) is 5.75 Å². The summed E-state index contributed by atoms with van der Waals surface area (Å²) < 4.78 is 5.05. The third-order valence-corrected chi connectivity index (χ3v) is 2.46. The van der Waals surface area contributed by atoms with Crippen molar-refractivity contribution < 1.29 is 9.84 Å². The lowest BCUT2D eigenvalue weighted by Gasteiger charge is -2.17. The predicted octanol–water partition coefficient (Wildman–Crippen LogP) is 1.12. The van der Waals surface area contributed by atoms with Crippen molar-refractivity contribution in [3.8, 4) is 5.75 Å². The van der Waals surface area contributed by atoms with E-state index in [0.717, 1.165) is 11.3 Å². The molecule has 3 heteroatoms. The minimum Gasteiger partial charge on any atom is -0.497 e. The summed E-state index contributed by atoms with van der Waals surface area (Å²) in [5.74, 6) is 0.883. The van der Waals surface area contributed by atoms with Crippen molar-refractivity contribution in [2.24, 2.45) is 5.73 Å². The van der Waals surface area contributed by atoms with Crippen LogP contribution < -0.4 is 10.5 Å². The van der Waals surface area contributed by atoms with Crippen LogP contribution in [0.1, 0.15) is 18.4 Å². The molecule has 0 aliphatic heterocycles. The Morgan fingerprint density at radius 3 is 2.36 bits per heavy atom. The van der Waals surface area contributed by atoms with Crippen LogP contribution in [-0.2, 0) is 0 Å². The number of hydrogen-bond donors (Lipinski definition) is 2. The molecule has 0 aromatic heterocycles. The van der Waals surface area contributed by atoms with Gasteiger partial charge in [-0.15, -0.1) is 0 Å². The minimum absolute atomic E-state index is 0.0610. The van der Waals surface area contributed by atoms with E-state index in [4.69, 9.17) is 10.5 Å². The van der Waals surface area contributed by atoms with E-state index in [1.54, 1.807) is 7.11 Å². The van der Waals surface area contributed by atoms with E-state index in [2.05, 4.69) is 0 Å². The first-order valence-corrected chi connectivity index (χ1v) is 4.71. The van der Waals surface area contributed by atoms with E-state index in [-0.39, 0.29) is 12.5 Å². The van der Waals surface area contributed by atoms with Crippen molar-refractivity contribution >= 4 is 0 Å². The third-order valence-electron chi connectivity index (χ3n) is 2.46. The summed E-state index contributed by atoms with van der Waals surface area (Å²) in [6, 6.07) is 7.66. The maximum Gasteiger partial charge on any atom is 0.118 e. The molecular formula is C11H17NO2. The second kappa shape index (κ2) is 4.98. The van der Waals surface area contributed by atoms with E-state index in [9.17, 15) is 5.11 Å². The molecule has 0 aliphatic carbocycles. The molecule has 0 saturated carbocycles. The molecule has 0 fully saturated rings. The smallest absolute Gasteiger partial charge is 0.118 e. The van der Waals surface area contributed by atoms with E-state index in [1.165, 1.54) is 0 Å². The van der Waals surface area contributed by atoms with Crippen LogP contribution in [0.3, 0.4) is 0 Å². The highest BCUT2D eigenvalue weighted by molar-refractivity contribution is 5.29. The summed E-state index contributed by atoms with van der Waals surface area (Å²) in [6.07, 6.45) is -0.483. The second-order valence-electron chi connectivity index (χ2n) is 3.36. The molecule has 0 saturated heterocycles. The highest BCUT2D eigenvalue weighted by atomic mass is 16.5. The summed E-state index contributed by atoms with van der Waals surface area (Å²) in [5.41, 5.74) is 6.46. The van der Waals surface area contributed by atoms with Gasteiger partial charge in [0.15, 0.2) is 0 Å². The van der Waals surface area contributed by atoms with Gasteiger partial charge in [-0.05, 0) is 17.7 Å². The van der Waals surface area contributed by atoms with E-state index in [0.29, 0.717) is 0 Å².